The molecule has 0 radical (unpaired) electrons. The van der Waals surface area contributed by atoms with Gasteiger partial charge in [0.25, 0.3) is 10.0 Å². The number of fused-ring (bicyclic) bond motifs is 1. The molecule has 0 aliphatic heterocycles. The molecule has 6 nitrogen and oxygen atoms in total. The highest BCUT2D eigenvalue weighted by atomic mass is 32.2. The molecule has 0 amide bonds. The van der Waals surface area contributed by atoms with Crippen molar-refractivity contribution in [2.24, 2.45) is 5.92 Å². The van der Waals surface area contributed by atoms with Crippen molar-refractivity contribution in [3.8, 4) is 6.07 Å². The van der Waals surface area contributed by atoms with Crippen LogP contribution in [0.25, 0.3) is 0 Å². The lowest BCUT2D eigenvalue weighted by Gasteiger charge is -2.17. The Morgan fingerprint density at radius 3 is 3.05 bits per heavy atom. The first-order chi connectivity index (χ1) is 10.0. The van der Waals surface area contributed by atoms with Gasteiger partial charge in [-0.3, -0.25) is 9.82 Å². The summed E-state index contributed by atoms with van der Waals surface area (Å²) in [6.07, 6.45) is 5.33. The third-order valence-electron chi connectivity index (χ3n) is 3.63. The van der Waals surface area contributed by atoms with Crippen LogP contribution in [0.2, 0.25) is 0 Å². The number of sulfonamides is 1. The summed E-state index contributed by atoms with van der Waals surface area (Å²) >= 11 is 1.37. The average Bonchev–Trinajstić information content (AvgIpc) is 3.04. The fourth-order valence-electron chi connectivity index (χ4n) is 2.51. The Morgan fingerprint density at radius 1 is 1.57 bits per heavy atom. The van der Waals surface area contributed by atoms with Crippen LogP contribution in [-0.2, 0) is 22.9 Å². The van der Waals surface area contributed by atoms with E-state index in [-0.39, 0.29) is 4.90 Å². The van der Waals surface area contributed by atoms with Crippen LogP contribution in [0.1, 0.15) is 29.3 Å². The zero-order chi connectivity index (χ0) is 15.0. The minimum Gasteiger partial charge on any atom is -0.284 e. The third-order valence-corrected chi connectivity index (χ3v) is 6.25. The van der Waals surface area contributed by atoms with E-state index >= 15 is 0 Å². The van der Waals surface area contributed by atoms with Gasteiger partial charge in [-0.2, -0.15) is 10.4 Å². The Bertz CT molecular complexity index is 800. The minimum absolute atomic E-state index is 0.0612. The van der Waals surface area contributed by atoms with Crippen LogP contribution < -0.4 is 4.72 Å². The second kappa shape index (κ2) is 5.16. The SMILES string of the molecule is CC1CCc2c(sc(NS(=O)(=O)c3cn[nH]c3)c2C#N)C1. The van der Waals surface area contributed by atoms with Crippen LogP contribution in [-0.4, -0.2) is 18.6 Å². The number of aromatic amines is 1. The highest BCUT2D eigenvalue weighted by Crippen LogP contribution is 2.39. The van der Waals surface area contributed by atoms with Gasteiger partial charge in [-0.15, -0.1) is 11.3 Å². The van der Waals surface area contributed by atoms with Crippen molar-refractivity contribution in [2.45, 2.75) is 31.1 Å². The van der Waals surface area contributed by atoms with Crippen molar-refractivity contribution in [3.63, 3.8) is 0 Å². The molecule has 2 N–H and O–H groups in total. The average molecular weight is 322 g/mol. The number of anilines is 1. The summed E-state index contributed by atoms with van der Waals surface area (Å²) in [6.45, 7) is 2.17. The van der Waals surface area contributed by atoms with Crippen LogP contribution in [0.4, 0.5) is 5.00 Å². The maximum Gasteiger partial charge on any atom is 0.265 e. The molecule has 2 aromatic heterocycles. The number of hydrogen-bond donors (Lipinski definition) is 2. The molecule has 0 bridgehead atoms. The summed E-state index contributed by atoms with van der Waals surface area (Å²) in [5, 5.41) is 15.9. The lowest BCUT2D eigenvalue weighted by atomic mass is 9.89. The molecule has 1 aliphatic rings. The van der Waals surface area contributed by atoms with E-state index in [1.807, 2.05) is 0 Å². The van der Waals surface area contributed by atoms with E-state index in [9.17, 15) is 13.7 Å². The molecular weight excluding hydrogens is 308 g/mol. The number of nitrogens with one attached hydrogen (secondary N) is 2. The minimum atomic E-state index is -3.70. The Morgan fingerprint density at radius 2 is 2.38 bits per heavy atom. The summed E-state index contributed by atoms with van der Waals surface area (Å²) in [6, 6.07) is 2.15. The highest BCUT2D eigenvalue weighted by molar-refractivity contribution is 7.93. The molecule has 1 atom stereocenters. The van der Waals surface area contributed by atoms with Crippen molar-refractivity contribution >= 4 is 26.4 Å². The first-order valence-corrected chi connectivity index (χ1v) is 8.87. The van der Waals surface area contributed by atoms with Gasteiger partial charge in [0, 0.05) is 11.1 Å². The Labute approximate surface area is 126 Å². The molecule has 0 saturated heterocycles. The summed E-state index contributed by atoms with van der Waals surface area (Å²) in [5.41, 5.74) is 1.47. The second-order valence-electron chi connectivity index (χ2n) is 5.21. The molecule has 0 fully saturated rings. The Hall–Kier alpha value is -1.85. The molecule has 8 heteroatoms. The molecule has 0 saturated carbocycles. The fraction of sp³-hybridized carbons (Fsp3) is 0.385. The number of nitrogens with zero attached hydrogens (tertiary/aromatic N) is 2. The lowest BCUT2D eigenvalue weighted by molar-refractivity contribution is 0.507. The van der Waals surface area contributed by atoms with Gasteiger partial charge in [-0.05, 0) is 30.7 Å². The summed E-state index contributed by atoms with van der Waals surface area (Å²) < 4.78 is 27.0. The van der Waals surface area contributed by atoms with E-state index in [2.05, 4.69) is 27.9 Å². The third kappa shape index (κ3) is 2.54. The van der Waals surface area contributed by atoms with Crippen molar-refractivity contribution in [2.75, 3.05) is 4.72 Å². The van der Waals surface area contributed by atoms with Crippen LogP contribution in [0, 0.1) is 17.2 Å². The number of H-pyrrole nitrogens is 1. The standard InChI is InChI=1S/C13H14N4O2S2/c1-8-2-3-10-11(5-14)13(20-12(10)4-8)17-21(18,19)9-6-15-16-7-9/h6-8,17H,2-4H2,1H3,(H,15,16). The van der Waals surface area contributed by atoms with Crippen LogP contribution in [0.5, 0.6) is 0 Å². The summed E-state index contributed by atoms with van der Waals surface area (Å²) in [7, 11) is -3.70. The van der Waals surface area contributed by atoms with Gasteiger partial charge in [0.2, 0.25) is 0 Å². The van der Waals surface area contributed by atoms with E-state index in [1.54, 1.807) is 0 Å². The molecule has 2 aromatic rings. The quantitative estimate of drug-likeness (QED) is 0.905. The first kappa shape index (κ1) is 14.1. The van der Waals surface area contributed by atoms with E-state index < -0.39 is 10.0 Å². The molecule has 110 valence electrons. The highest BCUT2D eigenvalue weighted by Gasteiger charge is 2.26. The van der Waals surface area contributed by atoms with E-state index in [0.717, 1.165) is 29.7 Å². The molecule has 0 spiro atoms. The summed E-state index contributed by atoms with van der Waals surface area (Å²) in [5.74, 6) is 0.570. The zero-order valence-electron chi connectivity index (χ0n) is 11.4. The maximum absolute atomic E-state index is 12.2. The summed E-state index contributed by atoms with van der Waals surface area (Å²) in [4.78, 5) is 1.18. The topological polar surface area (TPSA) is 98.6 Å². The molecule has 1 aliphatic carbocycles. The number of rotatable bonds is 3. The largest absolute Gasteiger partial charge is 0.284 e. The zero-order valence-corrected chi connectivity index (χ0v) is 13.0. The van der Waals surface area contributed by atoms with Gasteiger partial charge < -0.3 is 0 Å². The molecule has 0 aromatic carbocycles. The normalized spacial score (nSPS) is 18.0. The number of hydrogen-bond acceptors (Lipinski definition) is 5. The predicted molar refractivity (Wildman–Crippen MR) is 79.6 cm³/mol. The van der Waals surface area contributed by atoms with E-state index in [4.69, 9.17) is 0 Å². The second-order valence-corrected chi connectivity index (χ2v) is 7.99. The Balaban J connectivity index is 1.99. The van der Waals surface area contributed by atoms with Gasteiger partial charge >= 0.3 is 0 Å². The Kier molecular flexibility index (Phi) is 3.47. The molecule has 3 rings (SSSR count). The van der Waals surface area contributed by atoms with Gasteiger partial charge in [0.1, 0.15) is 16.0 Å². The predicted octanol–water partition coefficient (Wildman–Crippen LogP) is 2.27. The van der Waals surface area contributed by atoms with Crippen LogP contribution in [0.15, 0.2) is 17.3 Å². The van der Waals surface area contributed by atoms with Gasteiger partial charge in [0.05, 0.1) is 11.8 Å². The molecular formula is C13H14N4O2S2. The maximum atomic E-state index is 12.2. The van der Waals surface area contributed by atoms with E-state index in [1.165, 1.54) is 23.7 Å². The van der Waals surface area contributed by atoms with Crippen molar-refractivity contribution < 1.29 is 8.42 Å². The van der Waals surface area contributed by atoms with Crippen molar-refractivity contribution in [1.82, 2.24) is 10.2 Å². The monoisotopic (exact) mass is 322 g/mol. The van der Waals surface area contributed by atoms with Crippen molar-refractivity contribution in [1.29, 1.82) is 5.26 Å². The molecule has 2 heterocycles. The molecule has 21 heavy (non-hydrogen) atoms. The van der Waals surface area contributed by atoms with Crippen molar-refractivity contribution in [3.05, 3.63) is 28.4 Å². The van der Waals surface area contributed by atoms with Gasteiger partial charge in [0.15, 0.2) is 0 Å². The number of nitriles is 1. The number of thiophene rings is 1. The van der Waals surface area contributed by atoms with Gasteiger partial charge in [-0.1, -0.05) is 6.92 Å². The fourth-order valence-corrected chi connectivity index (χ4v) is 5.08. The smallest absolute Gasteiger partial charge is 0.265 e. The first-order valence-electron chi connectivity index (χ1n) is 6.57. The van der Waals surface area contributed by atoms with Crippen LogP contribution >= 0.6 is 11.3 Å². The van der Waals surface area contributed by atoms with E-state index in [0.29, 0.717) is 16.5 Å². The lowest BCUT2D eigenvalue weighted by Crippen LogP contribution is -2.12. The van der Waals surface area contributed by atoms with Gasteiger partial charge in [-0.25, -0.2) is 8.42 Å². The number of aromatic nitrogens is 2. The molecule has 1 unspecified atom stereocenters. The van der Waals surface area contributed by atoms with Crippen LogP contribution in [0.3, 0.4) is 0 Å².